The normalized spacial score (nSPS) is 10.7. The van der Waals surface area contributed by atoms with E-state index in [0.717, 1.165) is 27.9 Å². The Kier molecular flexibility index (Phi) is 4.93. The van der Waals surface area contributed by atoms with E-state index in [4.69, 9.17) is 4.52 Å². The monoisotopic (exact) mass is 335 g/mol. The van der Waals surface area contributed by atoms with Gasteiger partial charge in [-0.2, -0.15) is 4.98 Å². The lowest BCUT2D eigenvalue weighted by molar-refractivity contribution is -0.116. The van der Waals surface area contributed by atoms with Gasteiger partial charge in [-0.25, -0.2) is 0 Å². The van der Waals surface area contributed by atoms with Crippen LogP contribution in [0, 0.1) is 20.8 Å². The summed E-state index contributed by atoms with van der Waals surface area (Å²) in [5.41, 5.74) is 5.04. The highest BCUT2D eigenvalue weighted by atomic mass is 16.5. The van der Waals surface area contributed by atoms with Gasteiger partial charge in [-0.05, 0) is 44.0 Å². The highest BCUT2D eigenvalue weighted by Crippen LogP contribution is 2.19. The van der Waals surface area contributed by atoms with Crippen molar-refractivity contribution in [3.8, 4) is 11.4 Å². The van der Waals surface area contributed by atoms with Crippen molar-refractivity contribution in [1.29, 1.82) is 0 Å². The summed E-state index contributed by atoms with van der Waals surface area (Å²) < 4.78 is 5.26. The summed E-state index contributed by atoms with van der Waals surface area (Å²) in [6.07, 6.45) is 0.707. The third kappa shape index (κ3) is 4.32. The molecule has 1 amide bonds. The highest BCUT2D eigenvalue weighted by Gasteiger charge is 2.11. The van der Waals surface area contributed by atoms with Crippen molar-refractivity contribution in [1.82, 2.24) is 10.1 Å². The van der Waals surface area contributed by atoms with Gasteiger partial charge in [-0.3, -0.25) is 4.79 Å². The van der Waals surface area contributed by atoms with Crippen molar-refractivity contribution in [2.24, 2.45) is 0 Å². The number of carbonyl (C=O) groups excluding carboxylic acids is 1. The van der Waals surface area contributed by atoms with Crippen molar-refractivity contribution >= 4 is 11.6 Å². The van der Waals surface area contributed by atoms with Crippen LogP contribution in [-0.2, 0) is 11.2 Å². The molecule has 3 aromatic rings. The van der Waals surface area contributed by atoms with Crippen LogP contribution in [0.4, 0.5) is 5.69 Å². The first-order valence-corrected chi connectivity index (χ1v) is 8.28. The number of aryl methyl sites for hydroxylation is 4. The fraction of sp³-hybridized carbons (Fsp3) is 0.250. The second kappa shape index (κ2) is 7.30. The second-order valence-corrected chi connectivity index (χ2v) is 6.25. The third-order valence-electron chi connectivity index (χ3n) is 3.98. The minimum Gasteiger partial charge on any atom is -0.339 e. The molecular weight excluding hydrogens is 314 g/mol. The quantitative estimate of drug-likeness (QED) is 0.757. The van der Waals surface area contributed by atoms with Gasteiger partial charge in [0.15, 0.2) is 0 Å². The van der Waals surface area contributed by atoms with Gasteiger partial charge in [0.2, 0.25) is 17.6 Å². The van der Waals surface area contributed by atoms with Gasteiger partial charge in [0, 0.05) is 24.1 Å². The maximum Gasteiger partial charge on any atom is 0.227 e. The van der Waals surface area contributed by atoms with E-state index in [2.05, 4.69) is 15.5 Å². The van der Waals surface area contributed by atoms with Crippen LogP contribution in [0.5, 0.6) is 0 Å². The van der Waals surface area contributed by atoms with Crippen molar-refractivity contribution in [2.75, 3.05) is 5.32 Å². The van der Waals surface area contributed by atoms with Gasteiger partial charge in [-0.1, -0.05) is 41.1 Å². The molecule has 0 bridgehead atoms. The molecule has 25 heavy (non-hydrogen) atoms. The molecule has 5 nitrogen and oxygen atoms in total. The Labute approximate surface area is 147 Å². The molecule has 0 aliphatic carbocycles. The molecule has 2 aromatic carbocycles. The van der Waals surface area contributed by atoms with Crippen LogP contribution < -0.4 is 5.32 Å². The molecule has 0 saturated heterocycles. The van der Waals surface area contributed by atoms with Crippen LogP contribution in [-0.4, -0.2) is 16.0 Å². The first-order chi connectivity index (χ1) is 12.0. The van der Waals surface area contributed by atoms with Crippen molar-refractivity contribution in [3.05, 3.63) is 65.0 Å². The third-order valence-corrected chi connectivity index (χ3v) is 3.98. The van der Waals surface area contributed by atoms with Crippen LogP contribution >= 0.6 is 0 Å². The van der Waals surface area contributed by atoms with Gasteiger partial charge < -0.3 is 9.84 Å². The smallest absolute Gasteiger partial charge is 0.227 e. The van der Waals surface area contributed by atoms with Gasteiger partial charge in [-0.15, -0.1) is 0 Å². The number of amides is 1. The maximum absolute atomic E-state index is 12.2. The fourth-order valence-corrected chi connectivity index (χ4v) is 2.56. The first kappa shape index (κ1) is 16.9. The standard InChI is InChI=1S/C20H21N3O2/c1-13-5-4-6-16(11-13)20-22-19(25-23-20)10-9-18(24)21-17-12-14(2)7-8-15(17)3/h4-8,11-12H,9-10H2,1-3H3,(H,21,24). The zero-order valence-corrected chi connectivity index (χ0v) is 14.7. The number of benzene rings is 2. The number of nitrogens with zero attached hydrogens (tertiary/aromatic N) is 2. The Hall–Kier alpha value is -2.95. The lowest BCUT2D eigenvalue weighted by atomic mass is 10.1. The molecule has 1 N–H and O–H groups in total. The van der Waals surface area contributed by atoms with Gasteiger partial charge in [0.1, 0.15) is 0 Å². The summed E-state index contributed by atoms with van der Waals surface area (Å²) in [7, 11) is 0. The van der Waals surface area contributed by atoms with Gasteiger partial charge >= 0.3 is 0 Å². The van der Waals surface area contributed by atoms with Crippen molar-refractivity contribution in [3.63, 3.8) is 0 Å². The number of rotatable bonds is 5. The Morgan fingerprint density at radius 3 is 2.68 bits per heavy atom. The van der Waals surface area contributed by atoms with Crippen LogP contribution in [0.15, 0.2) is 47.0 Å². The average Bonchev–Trinajstić information content (AvgIpc) is 3.05. The minimum absolute atomic E-state index is 0.0657. The lowest BCUT2D eigenvalue weighted by Crippen LogP contribution is -2.13. The zero-order chi connectivity index (χ0) is 17.8. The Morgan fingerprint density at radius 1 is 1.08 bits per heavy atom. The molecule has 1 heterocycles. The van der Waals surface area contributed by atoms with E-state index in [1.165, 1.54) is 0 Å². The molecule has 0 aliphatic heterocycles. The fourth-order valence-electron chi connectivity index (χ4n) is 2.56. The minimum atomic E-state index is -0.0657. The summed E-state index contributed by atoms with van der Waals surface area (Å²) in [5, 5.41) is 6.94. The van der Waals surface area contributed by atoms with E-state index in [1.807, 2.05) is 63.2 Å². The molecule has 0 radical (unpaired) electrons. The summed E-state index contributed by atoms with van der Waals surface area (Å²) in [6.45, 7) is 5.99. The molecule has 128 valence electrons. The molecule has 0 aliphatic rings. The van der Waals surface area contributed by atoms with E-state index in [9.17, 15) is 4.79 Å². The lowest BCUT2D eigenvalue weighted by Gasteiger charge is -2.08. The SMILES string of the molecule is Cc1cccc(-c2noc(CCC(=O)Nc3cc(C)ccc3C)n2)c1. The van der Waals surface area contributed by atoms with Crippen molar-refractivity contribution in [2.45, 2.75) is 33.6 Å². The van der Waals surface area contributed by atoms with Gasteiger partial charge in [0.05, 0.1) is 0 Å². The molecule has 0 spiro atoms. The molecule has 1 aromatic heterocycles. The number of nitrogens with one attached hydrogen (secondary N) is 1. The number of carbonyl (C=O) groups is 1. The largest absolute Gasteiger partial charge is 0.339 e. The molecule has 0 atom stereocenters. The number of hydrogen-bond acceptors (Lipinski definition) is 4. The van der Waals surface area contributed by atoms with Crippen molar-refractivity contribution < 1.29 is 9.32 Å². The number of anilines is 1. The Bertz CT molecular complexity index is 899. The highest BCUT2D eigenvalue weighted by molar-refractivity contribution is 5.91. The van der Waals surface area contributed by atoms with Crippen LogP contribution in [0.2, 0.25) is 0 Å². The number of aromatic nitrogens is 2. The summed E-state index contributed by atoms with van der Waals surface area (Å²) in [5.74, 6) is 0.949. The van der Waals surface area contributed by atoms with E-state index in [0.29, 0.717) is 24.6 Å². The molecule has 0 saturated carbocycles. The topological polar surface area (TPSA) is 68.0 Å². The van der Waals surface area contributed by atoms with E-state index >= 15 is 0 Å². The molecular formula is C20H21N3O2. The predicted octanol–water partition coefficient (Wildman–Crippen LogP) is 4.23. The van der Waals surface area contributed by atoms with Crippen LogP contribution in [0.1, 0.15) is 29.0 Å². The van der Waals surface area contributed by atoms with E-state index < -0.39 is 0 Å². The summed E-state index contributed by atoms with van der Waals surface area (Å²) in [6, 6.07) is 13.9. The zero-order valence-electron chi connectivity index (χ0n) is 14.7. The molecule has 5 heteroatoms. The number of hydrogen-bond donors (Lipinski definition) is 1. The summed E-state index contributed by atoms with van der Waals surface area (Å²) in [4.78, 5) is 16.5. The van der Waals surface area contributed by atoms with Gasteiger partial charge in [0.25, 0.3) is 0 Å². The van der Waals surface area contributed by atoms with Crippen LogP contribution in [0.3, 0.4) is 0 Å². The first-order valence-electron chi connectivity index (χ1n) is 8.28. The predicted molar refractivity (Wildman–Crippen MR) is 97.3 cm³/mol. The van der Waals surface area contributed by atoms with E-state index in [-0.39, 0.29) is 5.91 Å². The molecule has 3 rings (SSSR count). The Balaban J connectivity index is 1.60. The Morgan fingerprint density at radius 2 is 1.88 bits per heavy atom. The summed E-state index contributed by atoms with van der Waals surface area (Å²) >= 11 is 0. The maximum atomic E-state index is 12.2. The second-order valence-electron chi connectivity index (χ2n) is 6.25. The average molecular weight is 335 g/mol. The van der Waals surface area contributed by atoms with E-state index in [1.54, 1.807) is 0 Å². The molecule has 0 fully saturated rings. The molecule has 0 unspecified atom stereocenters. The van der Waals surface area contributed by atoms with Crippen LogP contribution in [0.25, 0.3) is 11.4 Å².